The van der Waals surface area contributed by atoms with Crippen molar-refractivity contribution in [2.24, 2.45) is 23.0 Å². The Kier molecular flexibility index (Phi) is 5.88. The first-order chi connectivity index (χ1) is 6.79. The number of rotatable bonds is 6. The van der Waals surface area contributed by atoms with Gasteiger partial charge in [0.05, 0.1) is 0 Å². The van der Waals surface area contributed by atoms with E-state index in [9.17, 15) is 4.79 Å². The topological polar surface area (TPSA) is 55.1 Å². The molecule has 0 heterocycles. The number of hydrogen-bond donors (Lipinski definition) is 2. The molecule has 0 aliphatic rings. The monoisotopic (exact) mass is 214 g/mol. The smallest absolute Gasteiger partial charge is 0.225 e. The van der Waals surface area contributed by atoms with Crippen LogP contribution < -0.4 is 11.1 Å². The lowest BCUT2D eigenvalue weighted by Gasteiger charge is -2.26. The van der Waals surface area contributed by atoms with E-state index >= 15 is 0 Å². The highest BCUT2D eigenvalue weighted by Crippen LogP contribution is 2.25. The van der Waals surface area contributed by atoms with Gasteiger partial charge in [0.2, 0.25) is 5.91 Å². The average molecular weight is 214 g/mol. The van der Waals surface area contributed by atoms with Gasteiger partial charge in [-0.15, -0.1) is 0 Å². The molecule has 0 aliphatic carbocycles. The Labute approximate surface area is 93.8 Å². The van der Waals surface area contributed by atoms with Crippen LogP contribution >= 0.6 is 0 Å². The molecular weight excluding hydrogens is 188 g/mol. The predicted octanol–water partition coefficient (Wildman–Crippen LogP) is 1.77. The predicted molar refractivity (Wildman–Crippen MR) is 64.5 cm³/mol. The summed E-state index contributed by atoms with van der Waals surface area (Å²) in [5.74, 6) is 1.03. The van der Waals surface area contributed by atoms with Gasteiger partial charge in [-0.3, -0.25) is 4.79 Å². The summed E-state index contributed by atoms with van der Waals surface area (Å²) in [5.41, 5.74) is 5.22. The highest BCUT2D eigenvalue weighted by atomic mass is 16.2. The molecule has 3 nitrogen and oxygen atoms in total. The van der Waals surface area contributed by atoms with Crippen molar-refractivity contribution in [2.75, 3.05) is 13.1 Å². The molecule has 1 amide bonds. The Morgan fingerprint density at radius 1 is 1.33 bits per heavy atom. The maximum absolute atomic E-state index is 11.9. The van der Waals surface area contributed by atoms with Gasteiger partial charge >= 0.3 is 0 Å². The zero-order chi connectivity index (χ0) is 12.1. The van der Waals surface area contributed by atoms with Crippen LogP contribution in [0.2, 0.25) is 0 Å². The maximum atomic E-state index is 11.9. The molecule has 0 aliphatic heterocycles. The summed E-state index contributed by atoms with van der Waals surface area (Å²) in [6.07, 6.45) is 0.913. The number of hydrogen-bond acceptors (Lipinski definition) is 2. The second-order valence-electron chi connectivity index (χ2n) is 5.53. The van der Waals surface area contributed by atoms with Gasteiger partial charge in [0.15, 0.2) is 0 Å². The van der Waals surface area contributed by atoms with E-state index < -0.39 is 0 Å². The number of carbonyl (C=O) groups is 1. The summed E-state index contributed by atoms with van der Waals surface area (Å²) in [4.78, 5) is 11.9. The molecule has 0 aromatic heterocycles. The van der Waals surface area contributed by atoms with Gasteiger partial charge in [-0.1, -0.05) is 34.6 Å². The number of nitrogens with two attached hydrogens (primary N) is 1. The number of amides is 1. The first-order valence-electron chi connectivity index (χ1n) is 5.78. The molecule has 0 radical (unpaired) electrons. The lowest BCUT2D eigenvalue weighted by Crippen LogP contribution is -2.40. The van der Waals surface area contributed by atoms with E-state index in [4.69, 9.17) is 5.73 Å². The van der Waals surface area contributed by atoms with E-state index in [1.807, 2.05) is 20.8 Å². The Morgan fingerprint density at radius 2 is 1.87 bits per heavy atom. The minimum absolute atomic E-state index is 0.136. The summed E-state index contributed by atoms with van der Waals surface area (Å²) in [6.45, 7) is 11.6. The van der Waals surface area contributed by atoms with Gasteiger partial charge in [-0.05, 0) is 24.8 Å². The molecule has 0 aromatic rings. The highest BCUT2D eigenvalue weighted by Gasteiger charge is 2.28. The van der Waals surface area contributed by atoms with E-state index in [2.05, 4.69) is 19.2 Å². The molecule has 0 saturated heterocycles. The van der Waals surface area contributed by atoms with Crippen LogP contribution in [-0.2, 0) is 4.79 Å². The Hall–Kier alpha value is -0.570. The normalized spacial score (nSPS) is 14.1. The third kappa shape index (κ3) is 5.78. The van der Waals surface area contributed by atoms with Crippen LogP contribution in [0.5, 0.6) is 0 Å². The average Bonchev–Trinajstić information content (AvgIpc) is 2.11. The molecule has 3 N–H and O–H groups in total. The van der Waals surface area contributed by atoms with Crippen LogP contribution in [0.3, 0.4) is 0 Å². The van der Waals surface area contributed by atoms with Gasteiger partial charge in [0.25, 0.3) is 0 Å². The molecular formula is C12H26N2O. The summed E-state index contributed by atoms with van der Waals surface area (Å²) in [6, 6.07) is 0. The number of carbonyl (C=O) groups excluding carboxylic acids is 1. The van der Waals surface area contributed by atoms with Crippen molar-refractivity contribution >= 4 is 5.91 Å². The Morgan fingerprint density at radius 3 is 2.27 bits per heavy atom. The SMILES string of the molecule is CC(C)CC(C)(C)C(=O)NCC(C)CN. The van der Waals surface area contributed by atoms with Crippen LogP contribution in [0, 0.1) is 17.3 Å². The number of nitrogens with one attached hydrogen (secondary N) is 1. The van der Waals surface area contributed by atoms with Gasteiger partial charge < -0.3 is 11.1 Å². The van der Waals surface area contributed by atoms with Crippen molar-refractivity contribution in [1.82, 2.24) is 5.32 Å². The van der Waals surface area contributed by atoms with E-state index in [0.717, 1.165) is 6.42 Å². The summed E-state index contributed by atoms with van der Waals surface area (Å²) < 4.78 is 0. The van der Waals surface area contributed by atoms with Crippen molar-refractivity contribution < 1.29 is 4.79 Å². The largest absolute Gasteiger partial charge is 0.355 e. The van der Waals surface area contributed by atoms with Crippen LogP contribution in [0.4, 0.5) is 0 Å². The van der Waals surface area contributed by atoms with Crippen LogP contribution in [0.15, 0.2) is 0 Å². The summed E-state index contributed by atoms with van der Waals surface area (Å²) in [5, 5.41) is 2.96. The molecule has 3 heteroatoms. The van der Waals surface area contributed by atoms with Gasteiger partial charge in [0, 0.05) is 12.0 Å². The van der Waals surface area contributed by atoms with E-state index in [1.165, 1.54) is 0 Å². The van der Waals surface area contributed by atoms with E-state index in [1.54, 1.807) is 0 Å². The van der Waals surface area contributed by atoms with Crippen molar-refractivity contribution in [3.8, 4) is 0 Å². The van der Waals surface area contributed by atoms with Crippen molar-refractivity contribution in [1.29, 1.82) is 0 Å². The van der Waals surface area contributed by atoms with Crippen LogP contribution in [-0.4, -0.2) is 19.0 Å². The first-order valence-corrected chi connectivity index (χ1v) is 5.78. The molecule has 1 unspecified atom stereocenters. The van der Waals surface area contributed by atoms with E-state index in [-0.39, 0.29) is 11.3 Å². The minimum atomic E-state index is -0.275. The minimum Gasteiger partial charge on any atom is -0.355 e. The van der Waals surface area contributed by atoms with E-state index in [0.29, 0.717) is 24.9 Å². The zero-order valence-corrected chi connectivity index (χ0v) is 10.8. The third-order valence-electron chi connectivity index (χ3n) is 2.55. The Bertz CT molecular complexity index is 200. The molecule has 0 aromatic carbocycles. The molecule has 1 atom stereocenters. The van der Waals surface area contributed by atoms with Crippen molar-refractivity contribution in [3.05, 3.63) is 0 Å². The fraction of sp³-hybridized carbons (Fsp3) is 0.917. The molecule has 0 saturated carbocycles. The second-order valence-corrected chi connectivity index (χ2v) is 5.53. The fourth-order valence-corrected chi connectivity index (χ4v) is 1.70. The van der Waals surface area contributed by atoms with Crippen LogP contribution in [0.25, 0.3) is 0 Å². The first kappa shape index (κ1) is 14.4. The summed E-state index contributed by atoms with van der Waals surface area (Å²) in [7, 11) is 0. The molecule has 0 spiro atoms. The van der Waals surface area contributed by atoms with Gasteiger partial charge in [-0.2, -0.15) is 0 Å². The molecule has 0 bridgehead atoms. The van der Waals surface area contributed by atoms with Crippen molar-refractivity contribution in [2.45, 2.75) is 41.0 Å². The molecule has 0 fully saturated rings. The molecule has 15 heavy (non-hydrogen) atoms. The molecule has 0 rings (SSSR count). The standard InChI is InChI=1S/C12H26N2O/c1-9(2)6-12(4,5)11(15)14-8-10(3)7-13/h9-10H,6-8,13H2,1-5H3,(H,14,15). The third-order valence-corrected chi connectivity index (χ3v) is 2.55. The zero-order valence-electron chi connectivity index (χ0n) is 10.8. The van der Waals surface area contributed by atoms with Crippen molar-refractivity contribution in [3.63, 3.8) is 0 Å². The van der Waals surface area contributed by atoms with Gasteiger partial charge in [-0.25, -0.2) is 0 Å². The quantitative estimate of drug-likeness (QED) is 0.708. The molecule has 90 valence electrons. The Balaban J connectivity index is 4.07. The fourth-order valence-electron chi connectivity index (χ4n) is 1.70. The van der Waals surface area contributed by atoms with Gasteiger partial charge in [0.1, 0.15) is 0 Å². The highest BCUT2D eigenvalue weighted by molar-refractivity contribution is 5.81. The second kappa shape index (κ2) is 6.11. The summed E-state index contributed by atoms with van der Waals surface area (Å²) >= 11 is 0. The lowest BCUT2D eigenvalue weighted by atomic mass is 9.83. The lowest BCUT2D eigenvalue weighted by molar-refractivity contribution is -0.130. The maximum Gasteiger partial charge on any atom is 0.225 e. The van der Waals surface area contributed by atoms with Crippen LogP contribution in [0.1, 0.15) is 41.0 Å².